The Labute approximate surface area is 206 Å². The van der Waals surface area contributed by atoms with Gasteiger partial charge < -0.3 is 15.2 Å². The number of anilines is 2. The number of carbonyl (C=O) groups excluding carboxylic acids is 1. The standard InChI is InChI=1S/C29H33N5O/c1-29(2,3)24-11-4-5-12-25(24)33-26(35)17-20-8-6-9-21(16-20)22-10-7-15-34(18-22)28-23-13-14-30-27(23)31-19-32-28/h4-6,8-9,11-14,16,19,22H,7,10,15,17-18H2,1-3H3,(H,33,35)(H,30,31,32)/t22-/m0/s1. The van der Waals surface area contributed by atoms with E-state index in [1.165, 1.54) is 5.56 Å². The fourth-order valence-corrected chi connectivity index (χ4v) is 5.14. The number of hydrogen-bond acceptors (Lipinski definition) is 4. The van der Waals surface area contributed by atoms with E-state index in [4.69, 9.17) is 0 Å². The van der Waals surface area contributed by atoms with E-state index in [2.05, 4.69) is 70.2 Å². The highest BCUT2D eigenvalue weighted by Gasteiger charge is 2.24. The maximum absolute atomic E-state index is 12.9. The van der Waals surface area contributed by atoms with Crippen molar-refractivity contribution >= 4 is 28.4 Å². The highest BCUT2D eigenvalue weighted by molar-refractivity contribution is 5.93. The van der Waals surface area contributed by atoms with Gasteiger partial charge >= 0.3 is 0 Å². The molecule has 2 N–H and O–H groups in total. The van der Waals surface area contributed by atoms with Crippen LogP contribution in [0.25, 0.3) is 11.0 Å². The van der Waals surface area contributed by atoms with Crippen LogP contribution in [0, 0.1) is 0 Å². The molecule has 0 unspecified atom stereocenters. The summed E-state index contributed by atoms with van der Waals surface area (Å²) in [6, 6.07) is 18.6. The normalized spacial score (nSPS) is 16.4. The summed E-state index contributed by atoms with van der Waals surface area (Å²) in [4.78, 5) is 27.4. The first kappa shape index (κ1) is 23.1. The first-order valence-corrected chi connectivity index (χ1v) is 12.4. The number of rotatable bonds is 5. The Morgan fingerprint density at radius 3 is 2.83 bits per heavy atom. The summed E-state index contributed by atoms with van der Waals surface area (Å²) in [7, 11) is 0. The summed E-state index contributed by atoms with van der Waals surface area (Å²) in [6.45, 7) is 8.39. The van der Waals surface area contributed by atoms with E-state index in [0.717, 1.165) is 59.6 Å². The average Bonchev–Trinajstić information content (AvgIpc) is 3.33. The van der Waals surface area contributed by atoms with Crippen molar-refractivity contribution in [2.24, 2.45) is 0 Å². The van der Waals surface area contributed by atoms with Crippen LogP contribution in [0.3, 0.4) is 0 Å². The summed E-state index contributed by atoms with van der Waals surface area (Å²) >= 11 is 0. The topological polar surface area (TPSA) is 73.9 Å². The molecule has 4 aromatic rings. The molecule has 0 radical (unpaired) electrons. The van der Waals surface area contributed by atoms with Gasteiger partial charge in [0, 0.05) is 30.9 Å². The maximum Gasteiger partial charge on any atom is 0.228 e. The number of nitrogens with zero attached hydrogens (tertiary/aromatic N) is 3. The van der Waals surface area contributed by atoms with Crippen LogP contribution in [0.15, 0.2) is 67.1 Å². The number of nitrogens with one attached hydrogen (secondary N) is 2. The van der Waals surface area contributed by atoms with Crippen LogP contribution in [0.5, 0.6) is 0 Å². The Balaban J connectivity index is 1.29. The quantitative estimate of drug-likeness (QED) is 0.388. The van der Waals surface area contributed by atoms with Gasteiger partial charge in [0.15, 0.2) is 0 Å². The zero-order valence-corrected chi connectivity index (χ0v) is 20.7. The summed E-state index contributed by atoms with van der Waals surface area (Å²) < 4.78 is 0. The van der Waals surface area contributed by atoms with Crippen molar-refractivity contribution in [1.82, 2.24) is 15.0 Å². The number of amides is 1. The van der Waals surface area contributed by atoms with Crippen molar-refractivity contribution < 1.29 is 4.79 Å². The minimum atomic E-state index is -0.0354. The molecular weight excluding hydrogens is 434 g/mol. The van der Waals surface area contributed by atoms with Crippen LogP contribution in [-0.2, 0) is 16.6 Å². The van der Waals surface area contributed by atoms with Gasteiger partial charge in [0.1, 0.15) is 17.8 Å². The Bertz CT molecular complexity index is 1340. The predicted molar refractivity (Wildman–Crippen MR) is 142 cm³/mol. The number of para-hydroxylation sites is 1. The number of hydrogen-bond donors (Lipinski definition) is 2. The van der Waals surface area contributed by atoms with Gasteiger partial charge in [-0.1, -0.05) is 63.2 Å². The molecule has 0 bridgehead atoms. The van der Waals surface area contributed by atoms with Crippen molar-refractivity contribution in [3.8, 4) is 0 Å². The van der Waals surface area contributed by atoms with Gasteiger partial charge in [-0.15, -0.1) is 0 Å². The molecule has 6 heteroatoms. The fraction of sp³-hybridized carbons (Fsp3) is 0.345. The lowest BCUT2D eigenvalue weighted by molar-refractivity contribution is -0.115. The molecule has 1 aliphatic heterocycles. The summed E-state index contributed by atoms with van der Waals surface area (Å²) in [6.07, 6.45) is 6.15. The lowest BCUT2D eigenvalue weighted by atomic mass is 9.86. The predicted octanol–water partition coefficient (Wildman–Crippen LogP) is 5.82. The lowest BCUT2D eigenvalue weighted by Crippen LogP contribution is -2.35. The number of H-pyrrole nitrogens is 1. The molecule has 1 atom stereocenters. The monoisotopic (exact) mass is 467 g/mol. The number of fused-ring (bicyclic) bond motifs is 1. The highest BCUT2D eigenvalue weighted by Crippen LogP contribution is 2.33. The van der Waals surface area contributed by atoms with E-state index in [9.17, 15) is 4.79 Å². The SMILES string of the molecule is CC(C)(C)c1ccccc1NC(=O)Cc1cccc([C@H]2CCCN(c3ncnc4[nH]ccc34)C2)c1. The van der Waals surface area contributed by atoms with Gasteiger partial charge in [0.2, 0.25) is 5.91 Å². The zero-order chi connectivity index (χ0) is 24.4. The Kier molecular flexibility index (Phi) is 6.29. The molecule has 35 heavy (non-hydrogen) atoms. The van der Waals surface area contributed by atoms with Gasteiger partial charge in [-0.3, -0.25) is 4.79 Å². The Morgan fingerprint density at radius 1 is 1.11 bits per heavy atom. The van der Waals surface area contributed by atoms with Crippen molar-refractivity contribution in [3.05, 3.63) is 83.8 Å². The van der Waals surface area contributed by atoms with Gasteiger partial charge in [0.05, 0.1) is 11.8 Å². The van der Waals surface area contributed by atoms with Crippen molar-refractivity contribution in [2.45, 2.75) is 51.4 Å². The average molecular weight is 468 g/mol. The number of aromatic nitrogens is 3. The molecule has 1 fully saturated rings. The second-order valence-electron chi connectivity index (χ2n) is 10.5. The maximum atomic E-state index is 12.9. The van der Waals surface area contributed by atoms with Gasteiger partial charge in [0.25, 0.3) is 0 Å². The molecular formula is C29H33N5O. The van der Waals surface area contributed by atoms with Crippen LogP contribution in [0.1, 0.15) is 56.2 Å². The third kappa shape index (κ3) is 5.06. The second kappa shape index (κ2) is 9.53. The minimum Gasteiger partial charge on any atom is -0.355 e. The molecule has 1 aliphatic rings. The summed E-state index contributed by atoms with van der Waals surface area (Å²) in [5.74, 6) is 1.41. The highest BCUT2D eigenvalue weighted by atomic mass is 16.1. The molecule has 3 heterocycles. The molecule has 2 aromatic heterocycles. The van der Waals surface area contributed by atoms with Crippen molar-refractivity contribution in [3.63, 3.8) is 0 Å². The zero-order valence-electron chi connectivity index (χ0n) is 20.7. The Morgan fingerprint density at radius 2 is 1.97 bits per heavy atom. The first-order chi connectivity index (χ1) is 16.9. The van der Waals surface area contributed by atoms with Crippen LogP contribution < -0.4 is 10.2 Å². The molecule has 2 aromatic carbocycles. The fourth-order valence-electron chi connectivity index (χ4n) is 5.14. The molecule has 0 aliphatic carbocycles. The van der Waals surface area contributed by atoms with Crippen LogP contribution in [0.4, 0.5) is 11.5 Å². The summed E-state index contributed by atoms with van der Waals surface area (Å²) in [5, 5.41) is 4.21. The molecule has 6 nitrogen and oxygen atoms in total. The number of piperidine rings is 1. The molecule has 180 valence electrons. The molecule has 5 rings (SSSR count). The van der Waals surface area contributed by atoms with E-state index < -0.39 is 0 Å². The van der Waals surface area contributed by atoms with Crippen LogP contribution in [0.2, 0.25) is 0 Å². The van der Waals surface area contributed by atoms with E-state index in [-0.39, 0.29) is 11.3 Å². The number of aromatic amines is 1. The molecule has 0 saturated carbocycles. The first-order valence-electron chi connectivity index (χ1n) is 12.4. The van der Waals surface area contributed by atoms with Gasteiger partial charge in [-0.25, -0.2) is 9.97 Å². The van der Waals surface area contributed by atoms with Crippen LogP contribution in [-0.4, -0.2) is 33.9 Å². The van der Waals surface area contributed by atoms with E-state index in [1.54, 1.807) is 6.33 Å². The van der Waals surface area contributed by atoms with Gasteiger partial charge in [-0.05, 0) is 47.1 Å². The largest absolute Gasteiger partial charge is 0.355 e. The minimum absolute atomic E-state index is 0.0138. The van der Waals surface area contributed by atoms with E-state index in [0.29, 0.717) is 12.3 Å². The molecule has 0 spiro atoms. The third-order valence-corrected chi connectivity index (χ3v) is 6.85. The smallest absolute Gasteiger partial charge is 0.228 e. The van der Waals surface area contributed by atoms with Gasteiger partial charge in [-0.2, -0.15) is 0 Å². The van der Waals surface area contributed by atoms with Crippen molar-refractivity contribution in [2.75, 3.05) is 23.3 Å². The summed E-state index contributed by atoms with van der Waals surface area (Å²) in [5.41, 5.74) is 5.20. The molecule has 1 saturated heterocycles. The third-order valence-electron chi connectivity index (χ3n) is 6.85. The van der Waals surface area contributed by atoms with Crippen molar-refractivity contribution in [1.29, 1.82) is 0 Å². The number of carbonyl (C=O) groups is 1. The molecule has 1 amide bonds. The van der Waals surface area contributed by atoms with E-state index in [1.807, 2.05) is 36.5 Å². The number of benzene rings is 2. The Hall–Kier alpha value is -3.67. The van der Waals surface area contributed by atoms with Crippen LogP contribution >= 0.6 is 0 Å². The van der Waals surface area contributed by atoms with E-state index >= 15 is 0 Å². The lowest BCUT2D eigenvalue weighted by Gasteiger charge is -2.34. The second-order valence-corrected chi connectivity index (χ2v) is 10.5.